The topological polar surface area (TPSA) is 77.3 Å². The molecule has 0 aromatic carbocycles. The number of ether oxygens (including phenoxy) is 1. The highest BCUT2D eigenvalue weighted by Gasteiger charge is 2.41. The predicted octanol–water partition coefficient (Wildman–Crippen LogP) is 2.53. The first-order valence-electron chi connectivity index (χ1n) is 6.40. The van der Waals surface area contributed by atoms with Gasteiger partial charge in [0.15, 0.2) is 0 Å². The van der Waals surface area contributed by atoms with E-state index in [-0.39, 0.29) is 5.69 Å². The maximum atomic E-state index is 10.7. The maximum absolute atomic E-state index is 10.7. The molecule has 1 saturated carbocycles. The predicted molar refractivity (Wildman–Crippen MR) is 72.3 cm³/mol. The zero-order chi connectivity index (χ0) is 13.9. The van der Waals surface area contributed by atoms with Crippen molar-refractivity contribution in [2.75, 3.05) is 25.6 Å². The van der Waals surface area contributed by atoms with Gasteiger partial charge >= 0.3 is 0 Å². The van der Waals surface area contributed by atoms with Crippen LogP contribution >= 0.6 is 0 Å². The average molecular weight is 265 g/mol. The van der Waals surface area contributed by atoms with Crippen LogP contribution in [0.25, 0.3) is 0 Å². The van der Waals surface area contributed by atoms with Gasteiger partial charge in [0.2, 0.25) is 0 Å². The van der Waals surface area contributed by atoms with Crippen molar-refractivity contribution in [2.24, 2.45) is 5.41 Å². The number of anilines is 1. The average Bonchev–Trinajstić information content (AvgIpc) is 3.14. The molecule has 19 heavy (non-hydrogen) atoms. The first-order chi connectivity index (χ1) is 9.06. The van der Waals surface area contributed by atoms with Crippen molar-refractivity contribution in [1.82, 2.24) is 4.98 Å². The summed E-state index contributed by atoms with van der Waals surface area (Å²) in [5.41, 5.74) is 1.02. The lowest BCUT2D eigenvalue weighted by Crippen LogP contribution is -2.18. The zero-order valence-corrected chi connectivity index (χ0v) is 11.3. The van der Waals surface area contributed by atoms with Crippen molar-refractivity contribution in [3.63, 3.8) is 0 Å². The molecule has 6 nitrogen and oxygen atoms in total. The molecule has 0 saturated heterocycles. The number of nitrogens with zero attached hydrogens (tertiary/aromatic N) is 2. The molecule has 0 atom stereocenters. The van der Waals surface area contributed by atoms with Gasteiger partial charge in [-0.15, -0.1) is 0 Å². The van der Waals surface area contributed by atoms with E-state index in [1.54, 1.807) is 20.1 Å². The Bertz CT molecular complexity index is 472. The summed E-state index contributed by atoms with van der Waals surface area (Å²) in [5.74, 6) is 0.701. The highest BCUT2D eigenvalue weighted by atomic mass is 16.6. The number of methoxy groups -OCH3 is 1. The quantitative estimate of drug-likeness (QED) is 0.605. The van der Waals surface area contributed by atoms with Crippen LogP contribution in [0.4, 0.5) is 11.5 Å². The standard InChI is InChI=1S/C13H19N3O3/c1-10-7-12(14-8-11(10)16(17)18)15-9-13(3-4-13)5-6-19-2/h7-8H,3-6,9H2,1-2H3,(H,14,15). The molecule has 0 aliphatic heterocycles. The summed E-state index contributed by atoms with van der Waals surface area (Å²) < 4.78 is 5.11. The number of hydrogen-bond acceptors (Lipinski definition) is 5. The summed E-state index contributed by atoms with van der Waals surface area (Å²) >= 11 is 0. The van der Waals surface area contributed by atoms with Gasteiger partial charge in [-0.05, 0) is 37.7 Å². The summed E-state index contributed by atoms with van der Waals surface area (Å²) in [7, 11) is 1.71. The molecular weight excluding hydrogens is 246 g/mol. The Morgan fingerprint density at radius 2 is 2.32 bits per heavy atom. The molecule has 1 aliphatic rings. The molecule has 2 rings (SSSR count). The highest BCUT2D eigenvalue weighted by Crippen LogP contribution is 2.48. The second-order valence-corrected chi connectivity index (χ2v) is 5.21. The Morgan fingerprint density at radius 1 is 1.58 bits per heavy atom. The molecule has 1 fully saturated rings. The lowest BCUT2D eigenvalue weighted by atomic mass is 10.0. The van der Waals surface area contributed by atoms with Crippen LogP contribution in [-0.4, -0.2) is 30.2 Å². The molecule has 104 valence electrons. The van der Waals surface area contributed by atoms with Crippen molar-refractivity contribution in [1.29, 1.82) is 0 Å². The minimum absolute atomic E-state index is 0.0612. The molecule has 1 heterocycles. The van der Waals surface area contributed by atoms with Crippen LogP contribution in [0.1, 0.15) is 24.8 Å². The SMILES string of the molecule is COCCC1(CNc2cc(C)c([N+](=O)[O-])cn2)CC1. The number of hydrogen-bond donors (Lipinski definition) is 1. The summed E-state index contributed by atoms with van der Waals surface area (Å²) in [5, 5.41) is 14.0. The van der Waals surface area contributed by atoms with Crippen LogP contribution in [0, 0.1) is 22.5 Å². The van der Waals surface area contributed by atoms with Crippen LogP contribution in [0.5, 0.6) is 0 Å². The van der Waals surface area contributed by atoms with Crippen molar-refractivity contribution in [3.8, 4) is 0 Å². The summed E-state index contributed by atoms with van der Waals surface area (Å²) in [4.78, 5) is 14.4. The fourth-order valence-electron chi connectivity index (χ4n) is 2.13. The lowest BCUT2D eigenvalue weighted by molar-refractivity contribution is -0.385. The van der Waals surface area contributed by atoms with E-state index in [1.165, 1.54) is 19.0 Å². The number of aromatic nitrogens is 1. The van der Waals surface area contributed by atoms with Gasteiger partial charge in [0.25, 0.3) is 5.69 Å². The second-order valence-electron chi connectivity index (χ2n) is 5.21. The number of pyridine rings is 1. The number of aryl methyl sites for hydroxylation is 1. The van der Waals surface area contributed by atoms with Gasteiger partial charge in [-0.25, -0.2) is 4.98 Å². The van der Waals surface area contributed by atoms with E-state index in [2.05, 4.69) is 10.3 Å². The van der Waals surface area contributed by atoms with E-state index in [1.807, 2.05) is 0 Å². The van der Waals surface area contributed by atoms with Crippen LogP contribution < -0.4 is 5.32 Å². The van der Waals surface area contributed by atoms with Gasteiger partial charge in [0.05, 0.1) is 4.92 Å². The molecule has 0 radical (unpaired) electrons. The highest BCUT2D eigenvalue weighted by molar-refractivity contribution is 5.47. The van der Waals surface area contributed by atoms with Gasteiger partial charge in [-0.1, -0.05) is 0 Å². The third kappa shape index (κ3) is 3.41. The summed E-state index contributed by atoms with van der Waals surface area (Å²) in [6.07, 6.45) is 4.76. The van der Waals surface area contributed by atoms with Gasteiger partial charge in [0, 0.05) is 25.8 Å². The van der Waals surface area contributed by atoms with E-state index < -0.39 is 4.92 Å². The smallest absolute Gasteiger partial charge is 0.290 e. The van der Waals surface area contributed by atoms with E-state index in [4.69, 9.17) is 4.74 Å². The summed E-state index contributed by atoms with van der Waals surface area (Å²) in [6, 6.07) is 1.73. The largest absolute Gasteiger partial charge is 0.385 e. The molecule has 0 unspecified atom stereocenters. The number of nitrogens with one attached hydrogen (secondary N) is 1. The Hall–Kier alpha value is -1.69. The number of rotatable bonds is 7. The lowest BCUT2D eigenvalue weighted by Gasteiger charge is -2.16. The fraction of sp³-hybridized carbons (Fsp3) is 0.615. The van der Waals surface area contributed by atoms with Crippen molar-refractivity contribution < 1.29 is 9.66 Å². The Labute approximate surface area is 112 Å². The van der Waals surface area contributed by atoms with Crippen molar-refractivity contribution >= 4 is 11.5 Å². The van der Waals surface area contributed by atoms with Gasteiger partial charge in [-0.2, -0.15) is 0 Å². The molecule has 1 N–H and O–H groups in total. The Kier molecular flexibility index (Phi) is 3.99. The molecule has 0 bridgehead atoms. The molecule has 6 heteroatoms. The molecule has 0 spiro atoms. The van der Waals surface area contributed by atoms with Crippen LogP contribution in [0.2, 0.25) is 0 Å². The summed E-state index contributed by atoms with van der Waals surface area (Å²) in [6.45, 7) is 3.35. The Balaban J connectivity index is 1.93. The van der Waals surface area contributed by atoms with Gasteiger partial charge in [-0.3, -0.25) is 10.1 Å². The first-order valence-corrected chi connectivity index (χ1v) is 6.40. The third-order valence-electron chi connectivity index (χ3n) is 3.72. The van der Waals surface area contributed by atoms with E-state index >= 15 is 0 Å². The van der Waals surface area contributed by atoms with Crippen LogP contribution in [-0.2, 0) is 4.74 Å². The molecular formula is C13H19N3O3. The van der Waals surface area contributed by atoms with E-state index in [9.17, 15) is 10.1 Å². The van der Waals surface area contributed by atoms with Crippen molar-refractivity contribution in [3.05, 3.63) is 27.9 Å². The zero-order valence-electron chi connectivity index (χ0n) is 11.3. The second kappa shape index (κ2) is 5.52. The first kappa shape index (κ1) is 13.7. The molecule has 1 aliphatic carbocycles. The van der Waals surface area contributed by atoms with Gasteiger partial charge < -0.3 is 10.1 Å². The molecule has 0 amide bonds. The van der Waals surface area contributed by atoms with Crippen molar-refractivity contribution in [2.45, 2.75) is 26.2 Å². The molecule has 1 aromatic heterocycles. The monoisotopic (exact) mass is 265 g/mol. The molecule has 1 aromatic rings. The van der Waals surface area contributed by atoms with Crippen LogP contribution in [0.15, 0.2) is 12.3 Å². The van der Waals surface area contributed by atoms with Crippen LogP contribution in [0.3, 0.4) is 0 Å². The minimum Gasteiger partial charge on any atom is -0.385 e. The van der Waals surface area contributed by atoms with Gasteiger partial charge in [0.1, 0.15) is 12.0 Å². The third-order valence-corrected chi connectivity index (χ3v) is 3.72. The van der Waals surface area contributed by atoms with E-state index in [0.717, 1.165) is 19.6 Å². The fourth-order valence-corrected chi connectivity index (χ4v) is 2.13. The maximum Gasteiger partial charge on any atom is 0.290 e. The normalized spacial score (nSPS) is 16.1. The Morgan fingerprint density at radius 3 is 2.84 bits per heavy atom. The minimum atomic E-state index is -0.410. The number of nitro groups is 1. The van der Waals surface area contributed by atoms with E-state index in [0.29, 0.717) is 16.8 Å².